The number of likely N-dealkylation sites (N-methyl/N-ethyl adjacent to an activating group) is 1. The number of carbonyl (C=O) groups excluding carboxylic acids is 1. The summed E-state index contributed by atoms with van der Waals surface area (Å²) in [5.41, 5.74) is 0. The van der Waals surface area contributed by atoms with Crippen molar-refractivity contribution in [1.29, 1.82) is 0 Å². The molecule has 0 aliphatic rings. The highest BCUT2D eigenvalue weighted by molar-refractivity contribution is 5.75. The van der Waals surface area contributed by atoms with Gasteiger partial charge in [0.1, 0.15) is 6.04 Å². The van der Waals surface area contributed by atoms with Crippen molar-refractivity contribution >= 4 is 5.97 Å². The van der Waals surface area contributed by atoms with E-state index in [4.69, 9.17) is 4.74 Å². The first-order chi connectivity index (χ1) is 6.17. The molecule has 0 aliphatic carbocycles. The van der Waals surface area contributed by atoms with Crippen LogP contribution >= 0.6 is 0 Å². The van der Waals surface area contributed by atoms with E-state index in [1.807, 2.05) is 20.9 Å². The largest absolute Gasteiger partial charge is 0.465 e. The van der Waals surface area contributed by atoms with Crippen LogP contribution in [0.25, 0.3) is 0 Å². The zero-order valence-electron chi connectivity index (χ0n) is 9.17. The van der Waals surface area contributed by atoms with Gasteiger partial charge in [0.05, 0.1) is 6.61 Å². The van der Waals surface area contributed by atoms with Crippen LogP contribution < -0.4 is 0 Å². The van der Waals surface area contributed by atoms with E-state index < -0.39 is 0 Å². The minimum atomic E-state index is -0.0963. The van der Waals surface area contributed by atoms with Crippen molar-refractivity contribution < 1.29 is 9.53 Å². The third-order valence-corrected chi connectivity index (χ3v) is 2.05. The van der Waals surface area contributed by atoms with Gasteiger partial charge in [-0.15, -0.1) is 0 Å². The molecule has 0 aliphatic heterocycles. The molecule has 0 saturated heterocycles. The van der Waals surface area contributed by atoms with E-state index in [1.54, 1.807) is 0 Å². The van der Waals surface area contributed by atoms with Crippen molar-refractivity contribution in [3.05, 3.63) is 0 Å². The smallest absolute Gasteiger partial charge is 0.323 e. The molecule has 0 aromatic carbocycles. The molecule has 0 fully saturated rings. The van der Waals surface area contributed by atoms with Crippen LogP contribution in [0.15, 0.2) is 0 Å². The SMILES string of the molecule is CCCN(C)C(CC)C(=O)OCC. The van der Waals surface area contributed by atoms with Crippen molar-refractivity contribution in [2.75, 3.05) is 20.2 Å². The summed E-state index contributed by atoms with van der Waals surface area (Å²) in [5.74, 6) is -0.0963. The Morgan fingerprint density at radius 3 is 2.38 bits per heavy atom. The Labute approximate surface area is 81.1 Å². The second-order valence-electron chi connectivity index (χ2n) is 3.16. The van der Waals surface area contributed by atoms with Crippen molar-refractivity contribution in [2.45, 2.75) is 39.7 Å². The molecular formula is C10H21NO2. The summed E-state index contributed by atoms with van der Waals surface area (Å²) in [4.78, 5) is 13.5. The maximum absolute atomic E-state index is 11.4. The molecule has 3 heteroatoms. The molecule has 0 N–H and O–H groups in total. The van der Waals surface area contributed by atoms with Gasteiger partial charge in [-0.25, -0.2) is 0 Å². The first-order valence-corrected chi connectivity index (χ1v) is 5.04. The summed E-state index contributed by atoms with van der Waals surface area (Å²) in [5, 5.41) is 0. The Kier molecular flexibility index (Phi) is 6.59. The fourth-order valence-corrected chi connectivity index (χ4v) is 1.41. The fraction of sp³-hybridized carbons (Fsp3) is 0.900. The molecule has 0 saturated carbocycles. The molecule has 0 rings (SSSR count). The lowest BCUT2D eigenvalue weighted by atomic mass is 10.2. The normalized spacial score (nSPS) is 13.0. The van der Waals surface area contributed by atoms with Crippen LogP contribution in [-0.2, 0) is 9.53 Å². The molecule has 0 spiro atoms. The van der Waals surface area contributed by atoms with Crippen LogP contribution in [-0.4, -0.2) is 37.1 Å². The van der Waals surface area contributed by atoms with Gasteiger partial charge >= 0.3 is 5.97 Å². The Hall–Kier alpha value is -0.570. The zero-order chi connectivity index (χ0) is 10.3. The number of esters is 1. The molecule has 78 valence electrons. The average Bonchev–Trinajstić information content (AvgIpc) is 2.06. The molecule has 1 atom stereocenters. The van der Waals surface area contributed by atoms with E-state index in [9.17, 15) is 4.79 Å². The third kappa shape index (κ3) is 4.27. The summed E-state index contributed by atoms with van der Waals surface area (Å²) in [6.07, 6.45) is 1.88. The van der Waals surface area contributed by atoms with Gasteiger partial charge in [0, 0.05) is 0 Å². The average molecular weight is 187 g/mol. The topological polar surface area (TPSA) is 29.5 Å². The minimum absolute atomic E-state index is 0.0695. The molecule has 13 heavy (non-hydrogen) atoms. The summed E-state index contributed by atoms with van der Waals surface area (Å²) < 4.78 is 4.98. The van der Waals surface area contributed by atoms with Crippen molar-refractivity contribution in [3.63, 3.8) is 0 Å². The quantitative estimate of drug-likeness (QED) is 0.592. The van der Waals surface area contributed by atoms with Crippen LogP contribution in [0.1, 0.15) is 33.6 Å². The highest BCUT2D eigenvalue weighted by Gasteiger charge is 2.21. The standard InChI is InChI=1S/C10H21NO2/c1-5-8-11(4)9(6-2)10(12)13-7-3/h9H,5-8H2,1-4H3. The predicted molar refractivity (Wildman–Crippen MR) is 53.6 cm³/mol. The molecule has 3 nitrogen and oxygen atoms in total. The van der Waals surface area contributed by atoms with Crippen molar-refractivity contribution in [3.8, 4) is 0 Å². The van der Waals surface area contributed by atoms with Crippen molar-refractivity contribution in [1.82, 2.24) is 4.90 Å². The number of ether oxygens (including phenoxy) is 1. The second-order valence-corrected chi connectivity index (χ2v) is 3.16. The van der Waals surface area contributed by atoms with Gasteiger partial charge in [-0.05, 0) is 33.4 Å². The molecule has 0 aromatic heterocycles. The number of carbonyl (C=O) groups is 1. The third-order valence-electron chi connectivity index (χ3n) is 2.05. The van der Waals surface area contributed by atoms with Gasteiger partial charge in [0.2, 0.25) is 0 Å². The predicted octanol–water partition coefficient (Wildman–Crippen LogP) is 1.67. The Morgan fingerprint density at radius 1 is 1.38 bits per heavy atom. The number of rotatable bonds is 6. The first-order valence-electron chi connectivity index (χ1n) is 5.04. The van der Waals surface area contributed by atoms with E-state index >= 15 is 0 Å². The Balaban J connectivity index is 4.06. The Morgan fingerprint density at radius 2 is 2.00 bits per heavy atom. The monoisotopic (exact) mass is 187 g/mol. The van der Waals surface area contributed by atoms with Gasteiger partial charge in [-0.1, -0.05) is 13.8 Å². The lowest BCUT2D eigenvalue weighted by Gasteiger charge is -2.24. The highest BCUT2D eigenvalue weighted by atomic mass is 16.5. The maximum atomic E-state index is 11.4. The summed E-state index contributed by atoms with van der Waals surface area (Å²) in [6.45, 7) is 7.36. The highest BCUT2D eigenvalue weighted by Crippen LogP contribution is 2.04. The lowest BCUT2D eigenvalue weighted by molar-refractivity contribution is -0.149. The van der Waals surface area contributed by atoms with Gasteiger partial charge in [-0.2, -0.15) is 0 Å². The molecular weight excluding hydrogens is 166 g/mol. The summed E-state index contributed by atoms with van der Waals surface area (Å²) >= 11 is 0. The van der Waals surface area contributed by atoms with E-state index in [0.717, 1.165) is 19.4 Å². The van der Waals surface area contributed by atoms with E-state index in [-0.39, 0.29) is 12.0 Å². The minimum Gasteiger partial charge on any atom is -0.465 e. The molecule has 0 aromatic rings. The molecule has 0 radical (unpaired) electrons. The molecule has 1 unspecified atom stereocenters. The molecule has 0 bridgehead atoms. The van der Waals surface area contributed by atoms with E-state index in [0.29, 0.717) is 6.61 Å². The summed E-state index contributed by atoms with van der Waals surface area (Å²) in [6, 6.07) is -0.0695. The molecule has 0 heterocycles. The molecule has 0 amide bonds. The Bertz CT molecular complexity index is 148. The van der Waals surface area contributed by atoms with Crippen LogP contribution in [0.3, 0.4) is 0 Å². The van der Waals surface area contributed by atoms with Crippen molar-refractivity contribution in [2.24, 2.45) is 0 Å². The van der Waals surface area contributed by atoms with Gasteiger partial charge in [0.25, 0.3) is 0 Å². The zero-order valence-corrected chi connectivity index (χ0v) is 9.17. The van der Waals surface area contributed by atoms with Crippen LogP contribution in [0.2, 0.25) is 0 Å². The van der Waals surface area contributed by atoms with Gasteiger partial charge in [0.15, 0.2) is 0 Å². The maximum Gasteiger partial charge on any atom is 0.323 e. The first kappa shape index (κ1) is 12.4. The number of nitrogens with zero attached hydrogens (tertiary/aromatic N) is 1. The van der Waals surface area contributed by atoms with Gasteiger partial charge < -0.3 is 4.74 Å². The van der Waals surface area contributed by atoms with Crippen LogP contribution in [0, 0.1) is 0 Å². The number of hydrogen-bond acceptors (Lipinski definition) is 3. The lowest BCUT2D eigenvalue weighted by Crippen LogP contribution is -2.39. The summed E-state index contributed by atoms with van der Waals surface area (Å²) in [7, 11) is 1.97. The second kappa shape index (κ2) is 6.89. The van der Waals surface area contributed by atoms with Crippen LogP contribution in [0.5, 0.6) is 0 Å². The van der Waals surface area contributed by atoms with Crippen LogP contribution in [0.4, 0.5) is 0 Å². The van der Waals surface area contributed by atoms with E-state index in [2.05, 4.69) is 11.8 Å². The van der Waals surface area contributed by atoms with Gasteiger partial charge in [-0.3, -0.25) is 9.69 Å². The number of hydrogen-bond donors (Lipinski definition) is 0. The fourth-order valence-electron chi connectivity index (χ4n) is 1.41. The van der Waals surface area contributed by atoms with E-state index in [1.165, 1.54) is 0 Å².